The third kappa shape index (κ3) is 2.96. The normalized spacial score (nSPS) is 13.8. The molecule has 0 aliphatic heterocycles. The van der Waals surface area contributed by atoms with Crippen LogP contribution in [-0.2, 0) is 4.74 Å². The van der Waals surface area contributed by atoms with E-state index < -0.39 is 0 Å². The van der Waals surface area contributed by atoms with Crippen LogP contribution in [0.5, 0.6) is 0 Å². The summed E-state index contributed by atoms with van der Waals surface area (Å²) in [5.74, 6) is 0.980. The van der Waals surface area contributed by atoms with Crippen molar-refractivity contribution in [2.24, 2.45) is 0 Å². The molecule has 0 atom stereocenters. The second-order valence-corrected chi connectivity index (χ2v) is 1.94. The first-order chi connectivity index (χ1) is 4.22. The Morgan fingerprint density at radius 3 is 2.22 bits per heavy atom. The van der Waals surface area contributed by atoms with E-state index in [0.717, 1.165) is 5.76 Å². The fourth-order valence-electron chi connectivity index (χ4n) is 0.528. The van der Waals surface area contributed by atoms with Gasteiger partial charge in [-0.3, -0.25) is 0 Å². The van der Waals surface area contributed by atoms with Gasteiger partial charge in [-0.1, -0.05) is 12.2 Å². The van der Waals surface area contributed by atoms with E-state index in [2.05, 4.69) is 0 Å². The van der Waals surface area contributed by atoms with Crippen LogP contribution in [0.15, 0.2) is 23.5 Å². The van der Waals surface area contributed by atoms with Crippen LogP contribution >= 0.6 is 0 Å². The molecule has 0 rings (SSSR count). The highest BCUT2D eigenvalue weighted by Crippen LogP contribution is 2.03. The van der Waals surface area contributed by atoms with Crippen LogP contribution in [0.25, 0.3) is 0 Å². The minimum Gasteiger partial charge on any atom is -0.501 e. The number of hydrogen-bond acceptors (Lipinski definition) is 1. The molecule has 9 heavy (non-hydrogen) atoms. The van der Waals surface area contributed by atoms with Crippen molar-refractivity contribution in [3.8, 4) is 0 Å². The van der Waals surface area contributed by atoms with E-state index in [-0.39, 0.29) is 0 Å². The molecular weight excluding hydrogens is 112 g/mol. The van der Waals surface area contributed by atoms with Crippen LogP contribution < -0.4 is 0 Å². The van der Waals surface area contributed by atoms with Crippen LogP contribution in [-0.4, -0.2) is 7.11 Å². The highest BCUT2D eigenvalue weighted by Gasteiger charge is 1.87. The van der Waals surface area contributed by atoms with Gasteiger partial charge < -0.3 is 4.74 Å². The van der Waals surface area contributed by atoms with Crippen LogP contribution in [0.1, 0.15) is 20.8 Å². The van der Waals surface area contributed by atoms with Crippen LogP contribution in [0.4, 0.5) is 0 Å². The third-order valence-electron chi connectivity index (χ3n) is 1.28. The van der Waals surface area contributed by atoms with Crippen LogP contribution in [0.3, 0.4) is 0 Å². The van der Waals surface area contributed by atoms with E-state index in [0.29, 0.717) is 0 Å². The lowest BCUT2D eigenvalue weighted by atomic mass is 10.2. The van der Waals surface area contributed by atoms with Gasteiger partial charge >= 0.3 is 0 Å². The summed E-state index contributed by atoms with van der Waals surface area (Å²) in [6, 6.07) is 0. The van der Waals surface area contributed by atoms with Crippen molar-refractivity contribution in [1.29, 1.82) is 0 Å². The predicted octanol–water partition coefficient (Wildman–Crippen LogP) is 2.50. The number of ether oxygens (including phenoxy) is 1. The van der Waals surface area contributed by atoms with Gasteiger partial charge in [0.2, 0.25) is 0 Å². The molecule has 52 valence electrons. The molecule has 1 heteroatoms. The molecule has 0 aromatic rings. The van der Waals surface area contributed by atoms with Gasteiger partial charge in [0.25, 0.3) is 0 Å². The Kier molecular flexibility index (Phi) is 3.85. The van der Waals surface area contributed by atoms with Gasteiger partial charge in [-0.15, -0.1) is 0 Å². The fraction of sp³-hybridized carbons (Fsp3) is 0.500. The molecule has 0 bridgehead atoms. The molecule has 1 nitrogen and oxygen atoms in total. The van der Waals surface area contributed by atoms with E-state index in [1.807, 2.05) is 32.9 Å². The zero-order valence-corrected chi connectivity index (χ0v) is 6.56. The standard InChI is InChI=1S/C8H14O/c1-5-6-7(2)8(3)9-4/h5-6H,1-4H3/b6-5+,8-7-. The summed E-state index contributed by atoms with van der Waals surface area (Å²) >= 11 is 0. The number of hydrogen-bond donors (Lipinski definition) is 0. The minimum absolute atomic E-state index is 0.980. The third-order valence-corrected chi connectivity index (χ3v) is 1.28. The van der Waals surface area contributed by atoms with Crippen molar-refractivity contribution < 1.29 is 4.74 Å². The van der Waals surface area contributed by atoms with Gasteiger partial charge in [0, 0.05) is 0 Å². The maximum Gasteiger partial charge on any atom is 0.0953 e. The second kappa shape index (κ2) is 4.19. The summed E-state index contributed by atoms with van der Waals surface area (Å²) in [7, 11) is 1.68. The van der Waals surface area contributed by atoms with Crippen molar-refractivity contribution in [1.82, 2.24) is 0 Å². The molecular formula is C8H14O. The van der Waals surface area contributed by atoms with Crippen LogP contribution in [0, 0.1) is 0 Å². The highest BCUT2D eigenvalue weighted by molar-refractivity contribution is 5.17. The zero-order chi connectivity index (χ0) is 7.28. The molecule has 0 aromatic carbocycles. The molecule has 0 radical (unpaired) electrons. The summed E-state index contributed by atoms with van der Waals surface area (Å²) < 4.78 is 4.99. The first kappa shape index (κ1) is 8.28. The largest absolute Gasteiger partial charge is 0.501 e. The van der Waals surface area contributed by atoms with Gasteiger partial charge in [-0.25, -0.2) is 0 Å². The Labute approximate surface area is 57.0 Å². The van der Waals surface area contributed by atoms with E-state index in [1.54, 1.807) is 7.11 Å². The lowest BCUT2D eigenvalue weighted by Gasteiger charge is -1.99. The molecule has 0 unspecified atom stereocenters. The van der Waals surface area contributed by atoms with Crippen molar-refractivity contribution in [3.63, 3.8) is 0 Å². The molecule has 0 aliphatic rings. The average molecular weight is 126 g/mol. The Bertz CT molecular complexity index is 132. The maximum absolute atomic E-state index is 4.99. The van der Waals surface area contributed by atoms with E-state index in [1.165, 1.54) is 5.57 Å². The Balaban J connectivity index is 4.10. The van der Waals surface area contributed by atoms with E-state index >= 15 is 0 Å². The smallest absolute Gasteiger partial charge is 0.0953 e. The monoisotopic (exact) mass is 126 g/mol. The first-order valence-corrected chi connectivity index (χ1v) is 3.06. The lowest BCUT2D eigenvalue weighted by molar-refractivity contribution is 0.290. The van der Waals surface area contributed by atoms with Gasteiger partial charge in [0.15, 0.2) is 0 Å². The quantitative estimate of drug-likeness (QED) is 0.408. The predicted molar refractivity (Wildman–Crippen MR) is 40.2 cm³/mol. The second-order valence-electron chi connectivity index (χ2n) is 1.94. The van der Waals surface area contributed by atoms with Gasteiger partial charge in [-0.2, -0.15) is 0 Å². The zero-order valence-electron chi connectivity index (χ0n) is 6.56. The molecule has 0 amide bonds. The molecule has 0 saturated heterocycles. The Morgan fingerprint density at radius 1 is 1.33 bits per heavy atom. The van der Waals surface area contributed by atoms with Crippen molar-refractivity contribution in [2.45, 2.75) is 20.8 Å². The molecule has 0 saturated carbocycles. The number of methoxy groups -OCH3 is 1. The van der Waals surface area contributed by atoms with Crippen molar-refractivity contribution in [3.05, 3.63) is 23.5 Å². The van der Waals surface area contributed by atoms with Crippen LogP contribution in [0.2, 0.25) is 0 Å². The lowest BCUT2D eigenvalue weighted by Crippen LogP contribution is -1.82. The topological polar surface area (TPSA) is 9.23 Å². The maximum atomic E-state index is 4.99. The molecule has 0 N–H and O–H groups in total. The molecule has 0 aliphatic carbocycles. The SMILES string of the molecule is C/C=C/C(C)=C(/C)OC. The average Bonchev–Trinajstić information content (AvgIpc) is 1.87. The Hall–Kier alpha value is -0.720. The summed E-state index contributed by atoms with van der Waals surface area (Å²) in [5.41, 5.74) is 1.18. The Morgan fingerprint density at radius 2 is 1.89 bits per heavy atom. The van der Waals surface area contributed by atoms with Gasteiger partial charge in [-0.05, 0) is 26.3 Å². The summed E-state index contributed by atoms with van der Waals surface area (Å²) in [4.78, 5) is 0. The van der Waals surface area contributed by atoms with E-state index in [4.69, 9.17) is 4.74 Å². The fourth-order valence-corrected chi connectivity index (χ4v) is 0.528. The highest BCUT2D eigenvalue weighted by atomic mass is 16.5. The summed E-state index contributed by atoms with van der Waals surface area (Å²) in [6.07, 6.45) is 4.02. The summed E-state index contributed by atoms with van der Waals surface area (Å²) in [5, 5.41) is 0. The van der Waals surface area contributed by atoms with E-state index in [9.17, 15) is 0 Å². The summed E-state index contributed by atoms with van der Waals surface area (Å²) in [6.45, 7) is 5.97. The molecule has 0 heterocycles. The van der Waals surface area contributed by atoms with Crippen molar-refractivity contribution >= 4 is 0 Å². The molecule has 0 aromatic heterocycles. The van der Waals surface area contributed by atoms with Gasteiger partial charge in [0.05, 0.1) is 12.9 Å². The number of allylic oxidation sites excluding steroid dienone is 4. The van der Waals surface area contributed by atoms with Crippen molar-refractivity contribution in [2.75, 3.05) is 7.11 Å². The molecule has 0 fully saturated rings. The van der Waals surface area contributed by atoms with Gasteiger partial charge in [0.1, 0.15) is 0 Å². The number of rotatable bonds is 2. The molecule has 0 spiro atoms. The minimum atomic E-state index is 0.980. The first-order valence-electron chi connectivity index (χ1n) is 3.06.